The highest BCUT2D eigenvalue weighted by atomic mass is 35.5. The second kappa shape index (κ2) is 4.97. The van der Waals surface area contributed by atoms with Gasteiger partial charge < -0.3 is 21.5 Å². The number of carbonyl (C=O) groups is 2. The molecule has 102 valence electrons. The Morgan fingerprint density at radius 2 is 2.11 bits per heavy atom. The zero-order valence-corrected chi connectivity index (χ0v) is 10.9. The van der Waals surface area contributed by atoms with Crippen LogP contribution < -0.4 is 16.4 Å². The maximum atomic E-state index is 11.4. The lowest BCUT2D eigenvalue weighted by Crippen LogP contribution is -2.41. The first-order chi connectivity index (χ1) is 8.91. The Kier molecular flexibility index (Phi) is 3.53. The molecule has 1 unspecified atom stereocenters. The van der Waals surface area contributed by atoms with Crippen molar-refractivity contribution in [3.63, 3.8) is 0 Å². The Morgan fingerprint density at radius 1 is 1.42 bits per heavy atom. The van der Waals surface area contributed by atoms with E-state index in [1.807, 2.05) is 0 Å². The Labute approximate surface area is 114 Å². The lowest BCUT2D eigenvalue weighted by molar-refractivity contribution is -0.119. The zero-order valence-electron chi connectivity index (χ0n) is 10.1. The fourth-order valence-corrected chi connectivity index (χ4v) is 2.74. The maximum absolute atomic E-state index is 11.4. The molecule has 1 fully saturated rings. The molecule has 19 heavy (non-hydrogen) atoms. The second-order valence-corrected chi connectivity index (χ2v) is 4.87. The molecule has 1 heterocycles. The number of primary amides is 1. The molecular weight excluding hydrogens is 270 g/mol. The molecule has 1 atom stereocenters. The number of amides is 1. The molecule has 1 amide bonds. The van der Waals surface area contributed by atoms with Crippen LogP contribution >= 0.6 is 11.6 Å². The summed E-state index contributed by atoms with van der Waals surface area (Å²) < 4.78 is 0. The van der Waals surface area contributed by atoms with Crippen LogP contribution in [0.15, 0.2) is 12.1 Å². The molecule has 0 bridgehead atoms. The minimum absolute atomic E-state index is 0.0156. The Morgan fingerprint density at radius 3 is 2.68 bits per heavy atom. The number of nitrogens with two attached hydrogens (primary N) is 2. The maximum Gasteiger partial charge on any atom is 0.337 e. The van der Waals surface area contributed by atoms with E-state index in [9.17, 15) is 14.7 Å². The predicted molar refractivity (Wildman–Crippen MR) is 72.4 cm³/mol. The lowest BCUT2D eigenvalue weighted by atomic mass is 10.1. The SMILES string of the molecule is NC(=O)C1CCCN1c1c(Cl)cc(N)cc1C(=O)O. The molecule has 1 aromatic carbocycles. The first kappa shape index (κ1) is 13.5. The van der Waals surface area contributed by atoms with Gasteiger partial charge in [0, 0.05) is 12.2 Å². The summed E-state index contributed by atoms with van der Waals surface area (Å²) in [5, 5.41) is 9.46. The number of carboxylic acid groups (broad SMARTS) is 1. The third-order valence-electron chi connectivity index (χ3n) is 3.18. The zero-order chi connectivity index (χ0) is 14.2. The van der Waals surface area contributed by atoms with Gasteiger partial charge in [-0.1, -0.05) is 11.6 Å². The normalized spacial score (nSPS) is 18.6. The van der Waals surface area contributed by atoms with Gasteiger partial charge in [0.15, 0.2) is 0 Å². The number of benzene rings is 1. The summed E-state index contributed by atoms with van der Waals surface area (Å²) in [4.78, 5) is 24.4. The van der Waals surface area contributed by atoms with Crippen molar-refractivity contribution in [3.8, 4) is 0 Å². The quantitative estimate of drug-likeness (QED) is 0.719. The van der Waals surface area contributed by atoms with Crippen LogP contribution in [0, 0.1) is 0 Å². The third-order valence-corrected chi connectivity index (χ3v) is 3.47. The highest BCUT2D eigenvalue weighted by molar-refractivity contribution is 6.34. The average molecular weight is 284 g/mol. The first-order valence-electron chi connectivity index (χ1n) is 5.80. The van der Waals surface area contributed by atoms with E-state index in [1.165, 1.54) is 12.1 Å². The molecule has 1 aliphatic rings. The molecule has 1 aromatic rings. The van der Waals surface area contributed by atoms with E-state index in [0.29, 0.717) is 18.7 Å². The molecule has 2 rings (SSSR count). The number of hydrogen-bond acceptors (Lipinski definition) is 4. The van der Waals surface area contributed by atoms with Crippen molar-refractivity contribution in [3.05, 3.63) is 22.7 Å². The minimum atomic E-state index is -1.14. The molecule has 6 nitrogen and oxygen atoms in total. The second-order valence-electron chi connectivity index (χ2n) is 4.46. The van der Waals surface area contributed by atoms with Gasteiger partial charge in [-0.05, 0) is 25.0 Å². The van der Waals surface area contributed by atoms with E-state index < -0.39 is 17.9 Å². The third kappa shape index (κ3) is 2.44. The van der Waals surface area contributed by atoms with Gasteiger partial charge in [-0.2, -0.15) is 0 Å². The van der Waals surface area contributed by atoms with Crippen LogP contribution in [0.4, 0.5) is 11.4 Å². The van der Waals surface area contributed by atoms with Crippen LogP contribution in [0.2, 0.25) is 5.02 Å². The Balaban J connectivity index is 2.55. The first-order valence-corrected chi connectivity index (χ1v) is 6.18. The van der Waals surface area contributed by atoms with Gasteiger partial charge in [0.2, 0.25) is 5.91 Å². The lowest BCUT2D eigenvalue weighted by Gasteiger charge is -2.27. The van der Waals surface area contributed by atoms with Gasteiger partial charge in [0.1, 0.15) is 6.04 Å². The standard InChI is InChI=1S/C12H14ClN3O3/c13-8-5-6(14)4-7(12(18)19)10(8)16-3-1-2-9(16)11(15)17/h4-5,9H,1-3,14H2,(H2,15,17)(H,18,19). The molecule has 1 saturated heterocycles. The summed E-state index contributed by atoms with van der Waals surface area (Å²) >= 11 is 6.09. The summed E-state index contributed by atoms with van der Waals surface area (Å²) in [6.45, 7) is 0.539. The summed E-state index contributed by atoms with van der Waals surface area (Å²) in [7, 11) is 0. The average Bonchev–Trinajstić information content (AvgIpc) is 2.76. The van der Waals surface area contributed by atoms with Gasteiger partial charge >= 0.3 is 5.97 Å². The van der Waals surface area contributed by atoms with E-state index in [2.05, 4.69) is 0 Å². The van der Waals surface area contributed by atoms with Crippen molar-refractivity contribution < 1.29 is 14.7 Å². The molecule has 0 aromatic heterocycles. The van der Waals surface area contributed by atoms with Gasteiger partial charge in [-0.15, -0.1) is 0 Å². The van der Waals surface area contributed by atoms with E-state index in [1.54, 1.807) is 4.90 Å². The van der Waals surface area contributed by atoms with Gasteiger partial charge in [0.25, 0.3) is 0 Å². The van der Waals surface area contributed by atoms with Crippen molar-refractivity contribution in [1.82, 2.24) is 0 Å². The smallest absolute Gasteiger partial charge is 0.337 e. The fourth-order valence-electron chi connectivity index (χ4n) is 2.41. The largest absolute Gasteiger partial charge is 0.478 e. The van der Waals surface area contributed by atoms with Crippen LogP contribution in [0.25, 0.3) is 0 Å². The van der Waals surface area contributed by atoms with Crippen molar-refractivity contribution in [2.75, 3.05) is 17.2 Å². The molecule has 0 aliphatic carbocycles. The van der Waals surface area contributed by atoms with Crippen molar-refractivity contribution in [2.24, 2.45) is 5.73 Å². The fraction of sp³-hybridized carbons (Fsp3) is 0.333. The van der Waals surface area contributed by atoms with Crippen LogP contribution in [-0.2, 0) is 4.79 Å². The van der Waals surface area contributed by atoms with E-state index >= 15 is 0 Å². The van der Waals surface area contributed by atoms with E-state index in [0.717, 1.165) is 6.42 Å². The predicted octanol–water partition coefficient (Wildman–Crippen LogP) is 1.07. The van der Waals surface area contributed by atoms with Crippen LogP contribution in [0.3, 0.4) is 0 Å². The van der Waals surface area contributed by atoms with Crippen LogP contribution in [0.1, 0.15) is 23.2 Å². The molecule has 1 aliphatic heterocycles. The highest BCUT2D eigenvalue weighted by Gasteiger charge is 2.33. The summed E-state index contributed by atoms with van der Waals surface area (Å²) in [5.74, 6) is -1.62. The van der Waals surface area contributed by atoms with Crippen LogP contribution in [0.5, 0.6) is 0 Å². The summed E-state index contributed by atoms with van der Waals surface area (Å²) in [5.41, 5.74) is 11.5. The number of halogens is 1. The van der Waals surface area contributed by atoms with Crippen molar-refractivity contribution in [1.29, 1.82) is 0 Å². The van der Waals surface area contributed by atoms with Gasteiger partial charge in [-0.25, -0.2) is 4.79 Å². The summed E-state index contributed by atoms with van der Waals surface area (Å²) in [6.07, 6.45) is 1.35. The number of nitrogens with zero attached hydrogens (tertiary/aromatic N) is 1. The van der Waals surface area contributed by atoms with Crippen molar-refractivity contribution >= 4 is 34.9 Å². The number of rotatable bonds is 3. The van der Waals surface area contributed by atoms with E-state index in [4.69, 9.17) is 23.1 Å². The molecular formula is C12H14ClN3O3. The van der Waals surface area contributed by atoms with Gasteiger partial charge in [-0.3, -0.25) is 4.79 Å². The number of carbonyl (C=O) groups excluding carboxylic acids is 1. The number of nitrogen functional groups attached to an aromatic ring is 1. The van der Waals surface area contributed by atoms with Crippen molar-refractivity contribution in [2.45, 2.75) is 18.9 Å². The number of aromatic carboxylic acids is 1. The minimum Gasteiger partial charge on any atom is -0.478 e. The molecule has 0 saturated carbocycles. The monoisotopic (exact) mass is 283 g/mol. The highest BCUT2D eigenvalue weighted by Crippen LogP contribution is 2.36. The summed E-state index contributed by atoms with van der Waals surface area (Å²) in [6, 6.07) is 2.28. The number of hydrogen-bond donors (Lipinski definition) is 3. The number of anilines is 2. The van der Waals surface area contributed by atoms with Crippen LogP contribution in [-0.4, -0.2) is 29.6 Å². The molecule has 0 radical (unpaired) electrons. The molecule has 5 N–H and O–H groups in total. The number of carboxylic acids is 1. The molecule has 0 spiro atoms. The molecule has 7 heteroatoms. The van der Waals surface area contributed by atoms with Gasteiger partial charge in [0.05, 0.1) is 16.3 Å². The Bertz CT molecular complexity index is 547. The Hall–Kier alpha value is -1.95. The topological polar surface area (TPSA) is 110 Å². The van der Waals surface area contributed by atoms with E-state index in [-0.39, 0.29) is 16.3 Å².